The fourth-order valence-corrected chi connectivity index (χ4v) is 2.09. The molecule has 19 heavy (non-hydrogen) atoms. The van der Waals surface area contributed by atoms with Crippen LogP contribution in [-0.4, -0.2) is 16.1 Å². The second-order valence-corrected chi connectivity index (χ2v) is 4.74. The highest BCUT2D eigenvalue weighted by Gasteiger charge is 2.19. The summed E-state index contributed by atoms with van der Waals surface area (Å²) in [4.78, 5) is 15.6. The van der Waals surface area contributed by atoms with Gasteiger partial charge in [-0.2, -0.15) is 0 Å². The number of nitrogens with zero attached hydrogens (tertiary/aromatic N) is 1. The predicted molar refractivity (Wildman–Crippen MR) is 74.4 cm³/mol. The number of carboxylic acids is 1. The molecule has 1 N–H and O–H groups in total. The van der Waals surface area contributed by atoms with Crippen LogP contribution in [0.25, 0.3) is 0 Å². The summed E-state index contributed by atoms with van der Waals surface area (Å²) in [6.07, 6.45) is 2.88. The van der Waals surface area contributed by atoms with Gasteiger partial charge in [-0.25, -0.2) is 0 Å². The van der Waals surface area contributed by atoms with Crippen LogP contribution in [0.15, 0.2) is 48.7 Å². The second-order valence-electron chi connectivity index (χ2n) is 4.30. The van der Waals surface area contributed by atoms with Gasteiger partial charge >= 0.3 is 5.97 Å². The molecular weight excluding hydrogens is 262 g/mol. The third kappa shape index (κ3) is 3.80. The van der Waals surface area contributed by atoms with Gasteiger partial charge in [0.15, 0.2) is 0 Å². The van der Waals surface area contributed by atoms with Crippen molar-refractivity contribution in [3.8, 4) is 0 Å². The number of aromatic nitrogens is 1. The minimum Gasteiger partial charge on any atom is -0.481 e. The lowest BCUT2D eigenvalue weighted by molar-refractivity contribution is -0.138. The van der Waals surface area contributed by atoms with E-state index in [0.29, 0.717) is 17.9 Å². The molecule has 0 saturated heterocycles. The Balaban J connectivity index is 2.09. The maximum absolute atomic E-state index is 11.4. The van der Waals surface area contributed by atoms with E-state index in [2.05, 4.69) is 4.98 Å². The number of carboxylic acid groups (broad SMARTS) is 1. The van der Waals surface area contributed by atoms with Crippen molar-refractivity contribution >= 4 is 17.6 Å². The van der Waals surface area contributed by atoms with Crippen LogP contribution < -0.4 is 0 Å². The fourth-order valence-electron chi connectivity index (χ4n) is 1.97. The maximum Gasteiger partial charge on any atom is 0.310 e. The highest BCUT2D eigenvalue weighted by molar-refractivity contribution is 6.30. The van der Waals surface area contributed by atoms with Gasteiger partial charge in [-0.1, -0.05) is 29.8 Å². The van der Waals surface area contributed by atoms with E-state index >= 15 is 0 Å². The highest BCUT2D eigenvalue weighted by atomic mass is 35.5. The summed E-state index contributed by atoms with van der Waals surface area (Å²) in [7, 11) is 0. The average molecular weight is 276 g/mol. The summed E-state index contributed by atoms with van der Waals surface area (Å²) < 4.78 is 0. The Hall–Kier alpha value is -1.87. The second kappa shape index (κ2) is 6.34. The van der Waals surface area contributed by atoms with Gasteiger partial charge in [0.2, 0.25) is 0 Å². The molecule has 3 nitrogen and oxygen atoms in total. The number of halogens is 1. The average Bonchev–Trinajstić information content (AvgIpc) is 2.42. The van der Waals surface area contributed by atoms with Gasteiger partial charge in [0.05, 0.1) is 5.92 Å². The molecule has 98 valence electrons. The molecule has 1 aromatic heterocycles. The van der Waals surface area contributed by atoms with Crippen molar-refractivity contribution in [3.05, 3.63) is 64.9 Å². The zero-order chi connectivity index (χ0) is 13.7. The van der Waals surface area contributed by atoms with Crippen LogP contribution >= 0.6 is 11.6 Å². The van der Waals surface area contributed by atoms with Crippen LogP contribution in [0.1, 0.15) is 23.6 Å². The molecular formula is C15H14ClNO2. The van der Waals surface area contributed by atoms with E-state index in [4.69, 9.17) is 11.6 Å². The normalized spacial score (nSPS) is 12.1. The van der Waals surface area contributed by atoms with Gasteiger partial charge < -0.3 is 5.11 Å². The summed E-state index contributed by atoms with van der Waals surface area (Å²) in [6, 6.07) is 12.6. The van der Waals surface area contributed by atoms with E-state index in [1.54, 1.807) is 30.5 Å². The van der Waals surface area contributed by atoms with Crippen LogP contribution in [0.5, 0.6) is 0 Å². The standard InChI is InChI=1S/C15H14ClNO2/c16-12-6-4-11(5-7-12)14(15(18)19)9-8-13-3-1-2-10-17-13/h1-7,10,14H,8-9H2,(H,18,19). The molecule has 0 spiro atoms. The van der Waals surface area contributed by atoms with Gasteiger partial charge in [-0.05, 0) is 42.7 Å². The molecule has 4 heteroatoms. The Labute approximate surface area is 116 Å². The lowest BCUT2D eigenvalue weighted by atomic mass is 9.93. The third-order valence-electron chi connectivity index (χ3n) is 2.99. The van der Waals surface area contributed by atoms with Crippen molar-refractivity contribution in [1.82, 2.24) is 4.98 Å². The minimum atomic E-state index is -0.821. The number of hydrogen-bond donors (Lipinski definition) is 1. The summed E-state index contributed by atoms with van der Waals surface area (Å²) in [5, 5.41) is 9.93. The van der Waals surface area contributed by atoms with Crippen LogP contribution in [0.3, 0.4) is 0 Å². The first-order valence-electron chi connectivity index (χ1n) is 6.05. The molecule has 0 bridgehead atoms. The first-order chi connectivity index (χ1) is 9.16. The van der Waals surface area contributed by atoms with Gasteiger partial charge in [-0.15, -0.1) is 0 Å². The molecule has 0 saturated carbocycles. The first kappa shape index (κ1) is 13.6. The SMILES string of the molecule is O=C(O)C(CCc1ccccn1)c1ccc(Cl)cc1. The molecule has 0 radical (unpaired) electrons. The predicted octanol–water partition coefficient (Wildman–Crippen LogP) is 3.54. The molecule has 2 rings (SSSR count). The van der Waals surface area contributed by atoms with Gasteiger partial charge in [-0.3, -0.25) is 9.78 Å². The smallest absolute Gasteiger partial charge is 0.310 e. The van der Waals surface area contributed by atoms with Crippen molar-refractivity contribution in [2.24, 2.45) is 0 Å². The zero-order valence-corrected chi connectivity index (χ0v) is 11.0. The molecule has 2 aromatic rings. The molecule has 0 fully saturated rings. The number of aryl methyl sites for hydroxylation is 1. The fraction of sp³-hybridized carbons (Fsp3) is 0.200. The monoisotopic (exact) mass is 275 g/mol. The van der Waals surface area contributed by atoms with Gasteiger partial charge in [0.25, 0.3) is 0 Å². The molecule has 1 heterocycles. The number of benzene rings is 1. The minimum absolute atomic E-state index is 0.522. The topological polar surface area (TPSA) is 50.2 Å². The van der Waals surface area contributed by atoms with E-state index in [1.807, 2.05) is 18.2 Å². The quantitative estimate of drug-likeness (QED) is 0.908. The Bertz CT molecular complexity index is 540. The number of carbonyl (C=O) groups is 1. The number of hydrogen-bond acceptors (Lipinski definition) is 2. The summed E-state index contributed by atoms with van der Waals surface area (Å²) in [5.41, 5.74) is 1.68. The Morgan fingerprint density at radius 2 is 1.95 bits per heavy atom. The van der Waals surface area contributed by atoms with Crippen molar-refractivity contribution in [2.75, 3.05) is 0 Å². The van der Waals surface area contributed by atoms with Gasteiger partial charge in [0, 0.05) is 16.9 Å². The number of aliphatic carboxylic acids is 1. The van der Waals surface area contributed by atoms with Crippen molar-refractivity contribution in [3.63, 3.8) is 0 Å². The van der Waals surface area contributed by atoms with Gasteiger partial charge in [0.1, 0.15) is 0 Å². The van der Waals surface area contributed by atoms with Crippen molar-refractivity contribution in [2.45, 2.75) is 18.8 Å². The molecule has 1 unspecified atom stereocenters. The first-order valence-corrected chi connectivity index (χ1v) is 6.43. The molecule has 0 aliphatic heterocycles. The molecule has 1 aromatic carbocycles. The Morgan fingerprint density at radius 1 is 1.21 bits per heavy atom. The van der Waals surface area contributed by atoms with Crippen LogP contribution in [-0.2, 0) is 11.2 Å². The molecule has 1 atom stereocenters. The van der Waals surface area contributed by atoms with E-state index in [9.17, 15) is 9.90 Å². The summed E-state index contributed by atoms with van der Waals surface area (Å²) in [5.74, 6) is -1.35. The van der Waals surface area contributed by atoms with Crippen LogP contribution in [0, 0.1) is 0 Å². The Kier molecular flexibility index (Phi) is 4.53. The lowest BCUT2D eigenvalue weighted by Crippen LogP contribution is -2.12. The number of pyridine rings is 1. The maximum atomic E-state index is 11.4. The van der Waals surface area contributed by atoms with Crippen molar-refractivity contribution in [1.29, 1.82) is 0 Å². The van der Waals surface area contributed by atoms with E-state index in [0.717, 1.165) is 11.3 Å². The summed E-state index contributed by atoms with van der Waals surface area (Å²) in [6.45, 7) is 0. The number of rotatable bonds is 5. The van der Waals surface area contributed by atoms with Crippen LogP contribution in [0.4, 0.5) is 0 Å². The molecule has 0 aliphatic carbocycles. The van der Waals surface area contributed by atoms with E-state index in [1.165, 1.54) is 0 Å². The molecule has 0 aliphatic rings. The van der Waals surface area contributed by atoms with Crippen LogP contribution in [0.2, 0.25) is 5.02 Å². The van der Waals surface area contributed by atoms with E-state index < -0.39 is 11.9 Å². The van der Waals surface area contributed by atoms with E-state index in [-0.39, 0.29) is 0 Å². The van der Waals surface area contributed by atoms with Crippen molar-refractivity contribution < 1.29 is 9.90 Å². The largest absolute Gasteiger partial charge is 0.481 e. The zero-order valence-electron chi connectivity index (χ0n) is 10.3. The lowest BCUT2D eigenvalue weighted by Gasteiger charge is -2.12. The third-order valence-corrected chi connectivity index (χ3v) is 3.24. The Morgan fingerprint density at radius 3 is 2.53 bits per heavy atom. The molecule has 0 amide bonds. The summed E-state index contributed by atoms with van der Waals surface area (Å²) >= 11 is 5.81. The highest BCUT2D eigenvalue weighted by Crippen LogP contribution is 2.23.